The molecule has 3 nitrogen and oxygen atoms in total. The Balaban J connectivity index is 4.57. The highest BCUT2D eigenvalue weighted by atomic mass is 32.1. The van der Waals surface area contributed by atoms with Gasteiger partial charge in [-0.2, -0.15) is 12.6 Å². The number of ketones is 1. The van der Waals surface area contributed by atoms with Crippen molar-refractivity contribution in [3.05, 3.63) is 0 Å². The molecule has 1 N–H and O–H groups in total. The minimum Gasteiger partial charge on any atom is -0.353 e. The van der Waals surface area contributed by atoms with E-state index in [1.807, 2.05) is 20.8 Å². The lowest BCUT2D eigenvalue weighted by Crippen LogP contribution is -2.37. The molecule has 1 unspecified atom stereocenters. The quantitative estimate of drug-likeness (QED) is 0.635. The van der Waals surface area contributed by atoms with Gasteiger partial charge in [0, 0.05) is 30.6 Å². The second-order valence-corrected chi connectivity index (χ2v) is 8.50. The van der Waals surface area contributed by atoms with Crippen molar-refractivity contribution >= 4 is 24.3 Å². The number of hydrogen-bond donors (Lipinski definition) is 2. The van der Waals surface area contributed by atoms with Crippen LogP contribution in [0.25, 0.3) is 0 Å². The zero-order chi connectivity index (χ0) is 16.8. The summed E-state index contributed by atoms with van der Waals surface area (Å²) in [6, 6.07) is 0.0900. The first kappa shape index (κ1) is 20.5. The maximum atomic E-state index is 12.0. The lowest BCUT2D eigenvalue weighted by molar-refractivity contribution is -0.124. The number of carbonyl (C=O) groups excluding carboxylic acids is 2. The van der Waals surface area contributed by atoms with E-state index in [0.717, 1.165) is 6.42 Å². The molecule has 0 saturated heterocycles. The lowest BCUT2D eigenvalue weighted by atomic mass is 9.70. The number of thiol groups is 1. The Bertz CT molecular complexity index is 362. The molecule has 1 amide bonds. The maximum absolute atomic E-state index is 12.0. The summed E-state index contributed by atoms with van der Waals surface area (Å²) in [6.07, 6.45) is 1.90. The molecule has 0 spiro atoms. The first-order valence-electron chi connectivity index (χ1n) is 7.81. The molecule has 0 saturated carbocycles. The molecule has 0 aromatic rings. The van der Waals surface area contributed by atoms with Gasteiger partial charge >= 0.3 is 0 Å². The summed E-state index contributed by atoms with van der Waals surface area (Å²) in [5, 5.41) is 2.95. The monoisotopic (exact) mass is 315 g/mol. The summed E-state index contributed by atoms with van der Waals surface area (Å²) in [4.78, 5) is 24.0. The normalized spacial score (nSPS) is 14.1. The van der Waals surface area contributed by atoms with Gasteiger partial charge in [-0.3, -0.25) is 9.59 Å². The van der Waals surface area contributed by atoms with Crippen molar-refractivity contribution in [1.82, 2.24) is 5.32 Å². The SMILES string of the molecule is CC(CS)NC(=O)CC(C)(C)CC(C)(C)CC(=O)C(C)C. The highest BCUT2D eigenvalue weighted by molar-refractivity contribution is 7.80. The van der Waals surface area contributed by atoms with Gasteiger partial charge in [0.15, 0.2) is 0 Å². The smallest absolute Gasteiger partial charge is 0.220 e. The molecular formula is C17H33NO2S. The van der Waals surface area contributed by atoms with Crippen molar-refractivity contribution in [2.45, 2.75) is 73.8 Å². The molecule has 0 radical (unpaired) electrons. The van der Waals surface area contributed by atoms with Crippen LogP contribution < -0.4 is 5.32 Å². The Morgan fingerprint density at radius 2 is 1.48 bits per heavy atom. The van der Waals surface area contributed by atoms with E-state index in [-0.39, 0.29) is 28.7 Å². The number of nitrogens with one attached hydrogen (secondary N) is 1. The molecule has 0 aromatic heterocycles. The van der Waals surface area contributed by atoms with Gasteiger partial charge in [0.05, 0.1) is 0 Å². The van der Waals surface area contributed by atoms with Gasteiger partial charge in [0.25, 0.3) is 0 Å². The Kier molecular flexibility index (Phi) is 8.01. The Labute approximate surface area is 136 Å². The zero-order valence-electron chi connectivity index (χ0n) is 14.7. The Morgan fingerprint density at radius 3 is 1.90 bits per heavy atom. The molecule has 1 atom stereocenters. The molecule has 0 aliphatic heterocycles. The third-order valence-electron chi connectivity index (χ3n) is 3.57. The maximum Gasteiger partial charge on any atom is 0.220 e. The highest BCUT2D eigenvalue weighted by Crippen LogP contribution is 2.39. The summed E-state index contributed by atoms with van der Waals surface area (Å²) in [5.74, 6) is 1.07. The van der Waals surface area contributed by atoms with Gasteiger partial charge in [-0.05, 0) is 24.2 Å². The van der Waals surface area contributed by atoms with Crippen molar-refractivity contribution in [3.8, 4) is 0 Å². The molecule has 0 rings (SSSR count). The van der Waals surface area contributed by atoms with Crippen LogP contribution in [0.4, 0.5) is 0 Å². The molecule has 0 fully saturated rings. The largest absolute Gasteiger partial charge is 0.353 e. The lowest BCUT2D eigenvalue weighted by Gasteiger charge is -2.35. The standard InChI is InChI=1S/C17H33NO2S/c1-12(2)14(19)8-16(4,5)11-17(6,7)9-15(20)18-13(3)10-21/h12-13,21H,8-11H2,1-7H3,(H,18,20). The van der Waals surface area contributed by atoms with Gasteiger partial charge in [-0.1, -0.05) is 41.5 Å². The highest BCUT2D eigenvalue weighted by Gasteiger charge is 2.32. The minimum atomic E-state index is -0.124. The molecule has 21 heavy (non-hydrogen) atoms. The molecule has 0 aromatic carbocycles. The van der Waals surface area contributed by atoms with E-state index in [4.69, 9.17) is 0 Å². The third kappa shape index (κ3) is 9.18. The molecule has 4 heteroatoms. The molecule has 0 bridgehead atoms. The van der Waals surface area contributed by atoms with Gasteiger partial charge in [0.2, 0.25) is 5.91 Å². The number of carbonyl (C=O) groups is 2. The first-order chi connectivity index (χ1) is 9.38. The predicted octanol–water partition coefficient (Wildman–Crippen LogP) is 3.87. The van der Waals surface area contributed by atoms with E-state index in [1.54, 1.807) is 0 Å². The zero-order valence-corrected chi connectivity index (χ0v) is 15.6. The van der Waals surface area contributed by atoms with Crippen LogP contribution in [0.3, 0.4) is 0 Å². The Morgan fingerprint density at radius 1 is 1.00 bits per heavy atom. The summed E-state index contributed by atoms with van der Waals surface area (Å²) in [7, 11) is 0. The van der Waals surface area contributed by atoms with Gasteiger partial charge in [-0.15, -0.1) is 0 Å². The minimum absolute atomic E-state index is 0.0625. The number of rotatable bonds is 9. The average Bonchev–Trinajstić information content (AvgIpc) is 2.24. The van der Waals surface area contributed by atoms with Crippen LogP contribution in [0.2, 0.25) is 0 Å². The van der Waals surface area contributed by atoms with E-state index >= 15 is 0 Å². The van der Waals surface area contributed by atoms with Crippen molar-refractivity contribution < 1.29 is 9.59 Å². The molecule has 124 valence electrons. The van der Waals surface area contributed by atoms with Crippen LogP contribution in [0.1, 0.15) is 67.7 Å². The fourth-order valence-corrected chi connectivity index (χ4v) is 2.99. The van der Waals surface area contributed by atoms with Gasteiger partial charge in [-0.25, -0.2) is 0 Å². The van der Waals surface area contributed by atoms with Gasteiger partial charge in [0.1, 0.15) is 5.78 Å². The van der Waals surface area contributed by atoms with Crippen LogP contribution in [-0.2, 0) is 9.59 Å². The molecule has 0 aliphatic rings. The second-order valence-electron chi connectivity index (χ2n) is 8.13. The summed E-state index contributed by atoms with van der Waals surface area (Å²) < 4.78 is 0. The van der Waals surface area contributed by atoms with Crippen LogP contribution in [0, 0.1) is 16.7 Å². The van der Waals surface area contributed by atoms with E-state index < -0.39 is 0 Å². The number of amides is 1. The average molecular weight is 316 g/mol. The van der Waals surface area contributed by atoms with E-state index in [1.165, 1.54) is 0 Å². The van der Waals surface area contributed by atoms with Crippen LogP contribution in [0.15, 0.2) is 0 Å². The topological polar surface area (TPSA) is 46.2 Å². The molecular weight excluding hydrogens is 282 g/mol. The predicted molar refractivity (Wildman–Crippen MR) is 92.7 cm³/mol. The van der Waals surface area contributed by atoms with E-state index in [2.05, 4.69) is 45.6 Å². The second kappa shape index (κ2) is 8.21. The summed E-state index contributed by atoms with van der Waals surface area (Å²) >= 11 is 4.17. The van der Waals surface area contributed by atoms with E-state index in [0.29, 0.717) is 24.4 Å². The van der Waals surface area contributed by atoms with Crippen molar-refractivity contribution in [3.63, 3.8) is 0 Å². The fraction of sp³-hybridized carbons (Fsp3) is 0.882. The van der Waals surface area contributed by atoms with Crippen molar-refractivity contribution in [2.75, 3.05) is 5.75 Å². The van der Waals surface area contributed by atoms with Crippen molar-refractivity contribution in [2.24, 2.45) is 16.7 Å². The van der Waals surface area contributed by atoms with Crippen LogP contribution in [0.5, 0.6) is 0 Å². The summed E-state index contributed by atoms with van der Waals surface area (Å²) in [5.41, 5.74) is -0.207. The third-order valence-corrected chi connectivity index (χ3v) is 4.12. The van der Waals surface area contributed by atoms with Gasteiger partial charge < -0.3 is 5.32 Å². The van der Waals surface area contributed by atoms with Crippen LogP contribution >= 0.6 is 12.6 Å². The first-order valence-corrected chi connectivity index (χ1v) is 8.45. The fourth-order valence-electron chi connectivity index (χ4n) is 2.90. The van der Waals surface area contributed by atoms with E-state index in [9.17, 15) is 9.59 Å². The summed E-state index contributed by atoms with van der Waals surface area (Å²) in [6.45, 7) is 14.3. The van der Waals surface area contributed by atoms with Crippen LogP contribution in [-0.4, -0.2) is 23.5 Å². The molecule has 0 heterocycles. The number of hydrogen-bond acceptors (Lipinski definition) is 3. The number of Topliss-reactive ketones (excluding diaryl/α,β-unsaturated/α-hetero) is 1. The molecule has 0 aliphatic carbocycles. The van der Waals surface area contributed by atoms with Crippen molar-refractivity contribution in [1.29, 1.82) is 0 Å². The Hall–Kier alpha value is -0.510.